The molecule has 3 heterocycles. The highest BCUT2D eigenvalue weighted by Crippen LogP contribution is 2.29. The van der Waals surface area contributed by atoms with Crippen LogP contribution in [0.3, 0.4) is 0 Å². The van der Waals surface area contributed by atoms with Crippen molar-refractivity contribution in [2.45, 2.75) is 31.4 Å². The predicted molar refractivity (Wildman–Crippen MR) is 80.2 cm³/mol. The Bertz CT molecular complexity index is 588. The summed E-state index contributed by atoms with van der Waals surface area (Å²) >= 11 is 0. The average molecular weight is 345 g/mol. The number of likely N-dealkylation sites (tertiary alicyclic amines) is 2. The summed E-state index contributed by atoms with van der Waals surface area (Å²) in [5.41, 5.74) is 0. The molecule has 2 atom stereocenters. The maximum Gasteiger partial charge on any atom is 0.401 e. The molecule has 1 aromatic rings. The Kier molecular flexibility index (Phi) is 4.80. The number of hydrogen-bond acceptors (Lipinski definition) is 4. The van der Waals surface area contributed by atoms with Crippen LogP contribution < -0.4 is 0 Å². The molecule has 0 aliphatic carbocycles. The Morgan fingerprint density at radius 2 is 2.08 bits per heavy atom. The van der Waals surface area contributed by atoms with Gasteiger partial charge in [-0.05, 0) is 25.8 Å². The van der Waals surface area contributed by atoms with E-state index in [-0.39, 0.29) is 24.3 Å². The van der Waals surface area contributed by atoms with E-state index in [9.17, 15) is 18.0 Å². The number of halogens is 3. The first-order valence-electron chi connectivity index (χ1n) is 8.25. The summed E-state index contributed by atoms with van der Waals surface area (Å²) in [6.07, 6.45) is -0.245. The summed E-state index contributed by atoms with van der Waals surface area (Å²) in [6.45, 7) is 0.836. The molecule has 0 N–H and O–H groups in total. The molecule has 2 unspecified atom stereocenters. The molecular weight excluding hydrogens is 323 g/mol. The molecule has 0 saturated carbocycles. The SMILES string of the molecule is Cn1cnnc1C1CCCN(C(=O)C2CCN(CC(F)(F)F)C2)C1. The van der Waals surface area contributed by atoms with Crippen LogP contribution in [0.1, 0.15) is 31.0 Å². The third-order valence-corrected chi connectivity index (χ3v) is 4.87. The topological polar surface area (TPSA) is 54.3 Å². The minimum atomic E-state index is -4.21. The van der Waals surface area contributed by atoms with Crippen LogP contribution >= 0.6 is 0 Å². The van der Waals surface area contributed by atoms with Crippen molar-refractivity contribution in [2.75, 3.05) is 32.7 Å². The largest absolute Gasteiger partial charge is 0.401 e. The molecule has 3 rings (SSSR count). The Labute approximate surface area is 138 Å². The predicted octanol–water partition coefficient (Wildman–Crippen LogP) is 1.41. The number of piperidine rings is 1. The number of carbonyl (C=O) groups excluding carboxylic acids is 1. The van der Waals surface area contributed by atoms with E-state index in [2.05, 4.69) is 10.2 Å². The lowest BCUT2D eigenvalue weighted by Gasteiger charge is -2.33. The van der Waals surface area contributed by atoms with E-state index >= 15 is 0 Å². The van der Waals surface area contributed by atoms with Gasteiger partial charge in [-0.15, -0.1) is 10.2 Å². The van der Waals surface area contributed by atoms with E-state index in [1.54, 1.807) is 11.2 Å². The molecule has 2 aliphatic rings. The number of aryl methyl sites for hydroxylation is 1. The van der Waals surface area contributed by atoms with Gasteiger partial charge in [0, 0.05) is 32.6 Å². The van der Waals surface area contributed by atoms with Gasteiger partial charge >= 0.3 is 6.18 Å². The van der Waals surface area contributed by atoms with Crippen LogP contribution in [0, 0.1) is 5.92 Å². The fourth-order valence-corrected chi connectivity index (χ4v) is 3.74. The second-order valence-corrected chi connectivity index (χ2v) is 6.76. The van der Waals surface area contributed by atoms with Gasteiger partial charge in [0.1, 0.15) is 12.2 Å². The first-order valence-corrected chi connectivity index (χ1v) is 8.25. The van der Waals surface area contributed by atoms with E-state index in [1.165, 1.54) is 4.90 Å². The van der Waals surface area contributed by atoms with Crippen LogP contribution in [0.15, 0.2) is 6.33 Å². The average Bonchev–Trinajstić information content (AvgIpc) is 3.14. The van der Waals surface area contributed by atoms with Gasteiger partial charge in [0.25, 0.3) is 0 Å². The number of carbonyl (C=O) groups is 1. The maximum atomic E-state index is 12.7. The van der Waals surface area contributed by atoms with Gasteiger partial charge in [-0.1, -0.05) is 0 Å². The number of amides is 1. The quantitative estimate of drug-likeness (QED) is 0.831. The van der Waals surface area contributed by atoms with Crippen molar-refractivity contribution in [3.63, 3.8) is 0 Å². The number of nitrogens with zero attached hydrogens (tertiary/aromatic N) is 5. The van der Waals surface area contributed by atoms with E-state index in [1.807, 2.05) is 11.6 Å². The molecule has 134 valence electrons. The van der Waals surface area contributed by atoms with Gasteiger partial charge in [-0.3, -0.25) is 9.69 Å². The second kappa shape index (κ2) is 6.70. The van der Waals surface area contributed by atoms with Crippen LogP contribution in [0.5, 0.6) is 0 Å². The minimum Gasteiger partial charge on any atom is -0.342 e. The fourth-order valence-electron chi connectivity index (χ4n) is 3.74. The Morgan fingerprint density at radius 1 is 1.29 bits per heavy atom. The lowest BCUT2D eigenvalue weighted by atomic mass is 9.95. The Hall–Kier alpha value is -1.64. The summed E-state index contributed by atoms with van der Waals surface area (Å²) in [6, 6.07) is 0. The molecule has 2 fully saturated rings. The molecular formula is C15H22F3N5O. The van der Waals surface area contributed by atoms with E-state index < -0.39 is 12.7 Å². The number of rotatable bonds is 3. The fraction of sp³-hybridized carbons (Fsp3) is 0.800. The first-order chi connectivity index (χ1) is 11.3. The molecule has 1 amide bonds. The third-order valence-electron chi connectivity index (χ3n) is 4.87. The lowest BCUT2D eigenvalue weighted by molar-refractivity contribution is -0.146. The Morgan fingerprint density at radius 3 is 2.75 bits per heavy atom. The lowest BCUT2D eigenvalue weighted by Crippen LogP contribution is -2.43. The molecule has 0 aromatic carbocycles. The van der Waals surface area contributed by atoms with Crippen molar-refractivity contribution in [1.29, 1.82) is 0 Å². The van der Waals surface area contributed by atoms with Crippen LogP contribution in [-0.4, -0.2) is 69.4 Å². The van der Waals surface area contributed by atoms with Gasteiger partial charge < -0.3 is 9.47 Å². The van der Waals surface area contributed by atoms with E-state index in [0.717, 1.165) is 18.7 Å². The summed E-state index contributed by atoms with van der Waals surface area (Å²) in [5, 5.41) is 8.01. The van der Waals surface area contributed by atoms with Crippen molar-refractivity contribution in [3.05, 3.63) is 12.2 Å². The molecule has 2 aliphatic heterocycles. The van der Waals surface area contributed by atoms with E-state index in [0.29, 0.717) is 26.1 Å². The van der Waals surface area contributed by atoms with Gasteiger partial charge in [0.05, 0.1) is 12.5 Å². The van der Waals surface area contributed by atoms with Gasteiger partial charge in [0.2, 0.25) is 5.91 Å². The van der Waals surface area contributed by atoms with Gasteiger partial charge in [-0.2, -0.15) is 13.2 Å². The number of hydrogen-bond donors (Lipinski definition) is 0. The zero-order valence-electron chi connectivity index (χ0n) is 13.7. The standard InChI is InChI=1S/C15H22F3N5O/c1-21-10-19-20-13(21)11-3-2-5-23(8-11)14(24)12-4-6-22(7-12)9-15(16,17)18/h10-12H,2-9H2,1H3. The summed E-state index contributed by atoms with van der Waals surface area (Å²) in [7, 11) is 1.88. The Balaban J connectivity index is 1.58. The highest BCUT2D eigenvalue weighted by Gasteiger charge is 2.38. The van der Waals surface area contributed by atoms with Crippen LogP contribution in [0.2, 0.25) is 0 Å². The molecule has 0 radical (unpaired) electrons. The molecule has 0 bridgehead atoms. The van der Waals surface area contributed by atoms with Crippen LogP contribution in [-0.2, 0) is 11.8 Å². The maximum absolute atomic E-state index is 12.7. The number of aromatic nitrogens is 3. The van der Waals surface area contributed by atoms with Gasteiger partial charge in [0.15, 0.2) is 0 Å². The first kappa shape index (κ1) is 17.2. The molecule has 24 heavy (non-hydrogen) atoms. The van der Waals surface area contributed by atoms with Crippen LogP contribution in [0.4, 0.5) is 13.2 Å². The minimum absolute atomic E-state index is 0.0217. The highest BCUT2D eigenvalue weighted by molar-refractivity contribution is 5.79. The summed E-state index contributed by atoms with van der Waals surface area (Å²) in [4.78, 5) is 15.8. The van der Waals surface area contributed by atoms with Crippen molar-refractivity contribution in [1.82, 2.24) is 24.6 Å². The van der Waals surface area contributed by atoms with Crippen molar-refractivity contribution in [3.8, 4) is 0 Å². The van der Waals surface area contributed by atoms with Crippen molar-refractivity contribution < 1.29 is 18.0 Å². The molecule has 1 aromatic heterocycles. The monoisotopic (exact) mass is 345 g/mol. The van der Waals surface area contributed by atoms with Crippen LogP contribution in [0.25, 0.3) is 0 Å². The van der Waals surface area contributed by atoms with Crippen molar-refractivity contribution >= 4 is 5.91 Å². The number of alkyl halides is 3. The molecule has 6 nitrogen and oxygen atoms in total. The highest BCUT2D eigenvalue weighted by atomic mass is 19.4. The smallest absolute Gasteiger partial charge is 0.342 e. The van der Waals surface area contributed by atoms with E-state index in [4.69, 9.17) is 0 Å². The normalized spacial score (nSPS) is 26.1. The molecule has 9 heteroatoms. The summed E-state index contributed by atoms with van der Waals surface area (Å²) in [5.74, 6) is 0.651. The zero-order valence-corrected chi connectivity index (χ0v) is 13.7. The van der Waals surface area contributed by atoms with Crippen molar-refractivity contribution in [2.24, 2.45) is 13.0 Å². The second-order valence-electron chi connectivity index (χ2n) is 6.76. The molecule has 2 saturated heterocycles. The summed E-state index contributed by atoms with van der Waals surface area (Å²) < 4.78 is 39.3. The van der Waals surface area contributed by atoms with Gasteiger partial charge in [-0.25, -0.2) is 0 Å². The molecule has 0 spiro atoms. The zero-order chi connectivity index (χ0) is 17.3. The third kappa shape index (κ3) is 3.88.